The van der Waals surface area contributed by atoms with Crippen LogP contribution in [0.2, 0.25) is 0 Å². The smallest absolute Gasteiger partial charge is 0.311 e. The summed E-state index contributed by atoms with van der Waals surface area (Å²) in [5.74, 6) is -0.333. The Kier molecular flexibility index (Phi) is 3.19. The van der Waals surface area contributed by atoms with Gasteiger partial charge >= 0.3 is 5.69 Å². The van der Waals surface area contributed by atoms with Crippen LogP contribution in [0, 0.1) is 10.1 Å². The summed E-state index contributed by atoms with van der Waals surface area (Å²) < 4.78 is 0. The number of hydrogen-bond acceptors (Lipinski definition) is 4. The van der Waals surface area contributed by atoms with Gasteiger partial charge in [0, 0.05) is 12.6 Å². The zero-order valence-electron chi connectivity index (χ0n) is 7.38. The summed E-state index contributed by atoms with van der Waals surface area (Å²) in [4.78, 5) is 9.81. The first-order valence-corrected chi connectivity index (χ1v) is 3.99. The van der Waals surface area contributed by atoms with Crippen LogP contribution in [-0.4, -0.2) is 16.6 Å². The van der Waals surface area contributed by atoms with Gasteiger partial charge in [-0.2, -0.15) is 0 Å². The Morgan fingerprint density at radius 3 is 2.86 bits per heavy atom. The standard InChI is InChI=1S/C9H10N2O3/c10-5-1-2-7-3-4-9(12)8(6-7)11(13)14/h1-4,6,12H,5,10H2/b2-1+. The Bertz CT molecular complexity index is 374. The summed E-state index contributed by atoms with van der Waals surface area (Å²) in [5, 5.41) is 19.6. The van der Waals surface area contributed by atoms with E-state index in [-0.39, 0.29) is 11.4 Å². The number of nitrogens with two attached hydrogens (primary N) is 1. The molecule has 5 heteroatoms. The van der Waals surface area contributed by atoms with Gasteiger partial charge < -0.3 is 10.8 Å². The third kappa shape index (κ3) is 2.30. The summed E-state index contributed by atoms with van der Waals surface area (Å²) >= 11 is 0. The summed E-state index contributed by atoms with van der Waals surface area (Å²) in [6.45, 7) is 0.370. The zero-order valence-corrected chi connectivity index (χ0v) is 7.38. The molecule has 0 saturated heterocycles. The fourth-order valence-corrected chi connectivity index (χ4v) is 0.994. The molecule has 14 heavy (non-hydrogen) atoms. The molecule has 74 valence electrons. The lowest BCUT2D eigenvalue weighted by atomic mass is 10.2. The molecule has 0 heterocycles. The van der Waals surface area contributed by atoms with Crippen LogP contribution in [0.4, 0.5) is 5.69 Å². The van der Waals surface area contributed by atoms with E-state index in [1.54, 1.807) is 18.2 Å². The molecule has 0 aliphatic rings. The van der Waals surface area contributed by atoms with Gasteiger partial charge in [-0.25, -0.2) is 0 Å². The van der Waals surface area contributed by atoms with Crippen molar-refractivity contribution in [2.45, 2.75) is 0 Å². The molecule has 0 amide bonds. The van der Waals surface area contributed by atoms with Gasteiger partial charge in [0.15, 0.2) is 5.75 Å². The molecule has 0 aliphatic heterocycles. The number of phenolic OH excluding ortho intramolecular Hbond substituents is 1. The summed E-state index contributed by atoms with van der Waals surface area (Å²) in [5.41, 5.74) is 5.57. The molecule has 0 spiro atoms. The van der Waals surface area contributed by atoms with Crippen molar-refractivity contribution < 1.29 is 10.0 Å². The Morgan fingerprint density at radius 1 is 1.57 bits per heavy atom. The van der Waals surface area contributed by atoms with E-state index in [9.17, 15) is 10.1 Å². The minimum absolute atomic E-state index is 0.302. The molecule has 0 aliphatic carbocycles. The Labute approximate surface area is 80.6 Å². The fourth-order valence-electron chi connectivity index (χ4n) is 0.994. The lowest BCUT2D eigenvalue weighted by molar-refractivity contribution is -0.385. The maximum Gasteiger partial charge on any atom is 0.311 e. The van der Waals surface area contributed by atoms with Crippen LogP contribution in [0.5, 0.6) is 5.75 Å². The second-order valence-corrected chi connectivity index (χ2v) is 2.64. The SMILES string of the molecule is NC/C=C/c1ccc(O)c([N+](=O)[O-])c1. The van der Waals surface area contributed by atoms with Crippen molar-refractivity contribution in [1.82, 2.24) is 0 Å². The van der Waals surface area contributed by atoms with E-state index in [1.807, 2.05) is 0 Å². The molecule has 0 bridgehead atoms. The summed E-state index contributed by atoms with van der Waals surface area (Å²) in [6, 6.07) is 4.16. The van der Waals surface area contributed by atoms with Crippen LogP contribution in [0.25, 0.3) is 6.08 Å². The largest absolute Gasteiger partial charge is 0.502 e. The highest BCUT2D eigenvalue weighted by Crippen LogP contribution is 2.26. The quantitative estimate of drug-likeness (QED) is 0.560. The van der Waals surface area contributed by atoms with Gasteiger partial charge in [0.25, 0.3) is 0 Å². The second-order valence-electron chi connectivity index (χ2n) is 2.64. The molecular formula is C9H10N2O3. The van der Waals surface area contributed by atoms with E-state index >= 15 is 0 Å². The van der Waals surface area contributed by atoms with Crippen LogP contribution in [0.15, 0.2) is 24.3 Å². The monoisotopic (exact) mass is 194 g/mol. The second kappa shape index (κ2) is 4.38. The van der Waals surface area contributed by atoms with Gasteiger partial charge in [-0.1, -0.05) is 18.2 Å². The van der Waals surface area contributed by atoms with Crippen molar-refractivity contribution in [3.63, 3.8) is 0 Å². The van der Waals surface area contributed by atoms with Crippen LogP contribution >= 0.6 is 0 Å². The number of nitro groups is 1. The molecule has 0 atom stereocenters. The maximum absolute atomic E-state index is 10.4. The van der Waals surface area contributed by atoms with Gasteiger partial charge in [-0.05, 0) is 11.6 Å². The summed E-state index contributed by atoms with van der Waals surface area (Å²) in [6.07, 6.45) is 3.34. The first-order chi connectivity index (χ1) is 6.65. The minimum atomic E-state index is -0.630. The summed E-state index contributed by atoms with van der Waals surface area (Å²) in [7, 11) is 0. The number of phenols is 1. The average Bonchev–Trinajstić information content (AvgIpc) is 2.16. The fraction of sp³-hybridized carbons (Fsp3) is 0.111. The van der Waals surface area contributed by atoms with E-state index < -0.39 is 4.92 Å². The van der Waals surface area contributed by atoms with Gasteiger partial charge in [0.1, 0.15) is 0 Å². The van der Waals surface area contributed by atoms with E-state index in [1.165, 1.54) is 12.1 Å². The Morgan fingerprint density at radius 2 is 2.29 bits per heavy atom. The van der Waals surface area contributed by atoms with Crippen molar-refractivity contribution >= 4 is 11.8 Å². The maximum atomic E-state index is 10.4. The highest BCUT2D eigenvalue weighted by Gasteiger charge is 2.12. The number of benzene rings is 1. The Balaban J connectivity index is 3.06. The van der Waals surface area contributed by atoms with E-state index in [4.69, 9.17) is 10.8 Å². The van der Waals surface area contributed by atoms with E-state index in [0.717, 1.165) is 0 Å². The van der Waals surface area contributed by atoms with E-state index in [2.05, 4.69) is 0 Å². The predicted octanol–water partition coefficient (Wildman–Crippen LogP) is 1.27. The van der Waals surface area contributed by atoms with Crippen molar-refractivity contribution in [3.05, 3.63) is 40.0 Å². The number of nitro benzene ring substituents is 1. The molecule has 0 fully saturated rings. The van der Waals surface area contributed by atoms with Crippen LogP contribution in [0.3, 0.4) is 0 Å². The average molecular weight is 194 g/mol. The molecule has 1 aromatic rings. The van der Waals surface area contributed by atoms with Crippen molar-refractivity contribution in [2.24, 2.45) is 5.73 Å². The highest BCUT2D eigenvalue weighted by molar-refractivity contribution is 5.58. The molecule has 1 rings (SSSR count). The minimum Gasteiger partial charge on any atom is -0.502 e. The molecule has 0 radical (unpaired) electrons. The molecule has 0 aromatic heterocycles. The first-order valence-electron chi connectivity index (χ1n) is 3.99. The van der Waals surface area contributed by atoms with Gasteiger partial charge in [-0.15, -0.1) is 0 Å². The van der Waals surface area contributed by atoms with E-state index in [0.29, 0.717) is 12.1 Å². The molecule has 5 nitrogen and oxygen atoms in total. The molecule has 3 N–H and O–H groups in total. The number of aromatic hydroxyl groups is 1. The number of hydrogen-bond donors (Lipinski definition) is 2. The Hall–Kier alpha value is -1.88. The predicted molar refractivity (Wildman–Crippen MR) is 52.8 cm³/mol. The van der Waals surface area contributed by atoms with Crippen molar-refractivity contribution in [1.29, 1.82) is 0 Å². The van der Waals surface area contributed by atoms with Crippen LogP contribution < -0.4 is 5.73 Å². The number of nitrogens with zero attached hydrogens (tertiary/aromatic N) is 1. The topological polar surface area (TPSA) is 89.4 Å². The van der Waals surface area contributed by atoms with Crippen LogP contribution in [0.1, 0.15) is 5.56 Å². The van der Waals surface area contributed by atoms with Gasteiger partial charge in [0.2, 0.25) is 0 Å². The normalized spacial score (nSPS) is 10.6. The number of rotatable bonds is 3. The first kappa shape index (κ1) is 10.2. The third-order valence-corrected chi connectivity index (χ3v) is 1.64. The lowest BCUT2D eigenvalue weighted by Crippen LogP contribution is -1.92. The van der Waals surface area contributed by atoms with Gasteiger partial charge in [-0.3, -0.25) is 10.1 Å². The molecular weight excluding hydrogens is 184 g/mol. The van der Waals surface area contributed by atoms with Gasteiger partial charge in [0.05, 0.1) is 4.92 Å². The third-order valence-electron chi connectivity index (χ3n) is 1.64. The zero-order chi connectivity index (χ0) is 10.6. The van der Waals surface area contributed by atoms with Crippen molar-refractivity contribution in [3.8, 4) is 5.75 Å². The van der Waals surface area contributed by atoms with Crippen LogP contribution in [-0.2, 0) is 0 Å². The highest BCUT2D eigenvalue weighted by atomic mass is 16.6. The lowest BCUT2D eigenvalue weighted by Gasteiger charge is -1.97. The van der Waals surface area contributed by atoms with Crippen molar-refractivity contribution in [2.75, 3.05) is 6.54 Å². The molecule has 0 unspecified atom stereocenters. The molecule has 0 saturated carbocycles. The molecule has 1 aromatic carbocycles.